The first-order valence-electron chi connectivity index (χ1n) is 5.89. The lowest BCUT2D eigenvalue weighted by atomic mass is 9.93. The van der Waals surface area contributed by atoms with Crippen LogP contribution in [0.15, 0.2) is 24.3 Å². The first kappa shape index (κ1) is 11.7. The van der Waals surface area contributed by atoms with Crippen LogP contribution >= 0.6 is 11.6 Å². The van der Waals surface area contributed by atoms with Gasteiger partial charge in [-0.2, -0.15) is 0 Å². The van der Waals surface area contributed by atoms with E-state index >= 15 is 0 Å². The van der Waals surface area contributed by atoms with Gasteiger partial charge in [-0.25, -0.2) is 0 Å². The van der Waals surface area contributed by atoms with Crippen LogP contribution in [0, 0.1) is 5.92 Å². The van der Waals surface area contributed by atoms with Crippen LogP contribution in [0.5, 0.6) is 5.75 Å². The Morgan fingerprint density at radius 3 is 2.69 bits per heavy atom. The van der Waals surface area contributed by atoms with E-state index in [2.05, 4.69) is 12.2 Å². The van der Waals surface area contributed by atoms with E-state index in [4.69, 9.17) is 16.3 Å². The monoisotopic (exact) mass is 239 g/mol. The first-order valence-corrected chi connectivity index (χ1v) is 6.27. The van der Waals surface area contributed by atoms with Gasteiger partial charge in [-0.15, -0.1) is 0 Å². The molecule has 1 fully saturated rings. The summed E-state index contributed by atoms with van der Waals surface area (Å²) < 4.78 is 5.92. The van der Waals surface area contributed by atoms with Crippen LogP contribution in [0.2, 0.25) is 5.02 Å². The molecular weight excluding hydrogens is 222 g/mol. The van der Waals surface area contributed by atoms with E-state index in [0.717, 1.165) is 18.8 Å². The minimum Gasteiger partial charge on any atom is -0.489 e. The van der Waals surface area contributed by atoms with Crippen molar-refractivity contribution in [2.45, 2.75) is 25.9 Å². The Hall–Kier alpha value is -0.730. The molecule has 1 aliphatic rings. The highest BCUT2D eigenvalue weighted by Gasteiger charge is 2.21. The molecule has 2 nitrogen and oxygen atoms in total. The number of hydrogen-bond acceptors (Lipinski definition) is 2. The van der Waals surface area contributed by atoms with Gasteiger partial charge >= 0.3 is 0 Å². The lowest BCUT2D eigenvalue weighted by molar-refractivity contribution is 0.128. The summed E-state index contributed by atoms with van der Waals surface area (Å²) in [7, 11) is 0. The van der Waals surface area contributed by atoms with Crippen LogP contribution < -0.4 is 10.1 Å². The number of hydrogen-bond donors (Lipinski definition) is 1. The number of nitrogens with one attached hydrogen (secondary N) is 1. The van der Waals surface area contributed by atoms with E-state index in [1.54, 1.807) is 0 Å². The zero-order chi connectivity index (χ0) is 11.4. The predicted molar refractivity (Wildman–Crippen MR) is 67.1 cm³/mol. The van der Waals surface area contributed by atoms with Crippen LogP contribution in [0.4, 0.5) is 0 Å². The van der Waals surface area contributed by atoms with Gasteiger partial charge < -0.3 is 10.1 Å². The van der Waals surface area contributed by atoms with Gasteiger partial charge in [-0.3, -0.25) is 0 Å². The Morgan fingerprint density at radius 2 is 2.00 bits per heavy atom. The Labute approximate surface area is 102 Å². The molecule has 1 aromatic rings. The van der Waals surface area contributed by atoms with Gasteiger partial charge in [-0.05, 0) is 50.9 Å². The molecule has 0 aromatic heterocycles. The molecule has 3 heteroatoms. The molecule has 1 aliphatic heterocycles. The van der Waals surface area contributed by atoms with Gasteiger partial charge in [-0.1, -0.05) is 23.7 Å². The minimum absolute atomic E-state index is 0.238. The average molecular weight is 240 g/mol. The van der Waals surface area contributed by atoms with Gasteiger partial charge in [0.2, 0.25) is 0 Å². The predicted octanol–water partition coefficient (Wildman–Crippen LogP) is 3.11. The molecule has 16 heavy (non-hydrogen) atoms. The zero-order valence-electron chi connectivity index (χ0n) is 9.58. The van der Waals surface area contributed by atoms with Crippen molar-refractivity contribution in [1.29, 1.82) is 0 Å². The fourth-order valence-corrected chi connectivity index (χ4v) is 2.33. The van der Waals surface area contributed by atoms with Gasteiger partial charge in [0.25, 0.3) is 0 Å². The fraction of sp³-hybridized carbons (Fsp3) is 0.538. The maximum absolute atomic E-state index is 6.07. The largest absolute Gasteiger partial charge is 0.489 e. The van der Waals surface area contributed by atoms with Crippen molar-refractivity contribution in [1.82, 2.24) is 5.32 Å². The van der Waals surface area contributed by atoms with Crippen molar-refractivity contribution >= 4 is 11.6 Å². The van der Waals surface area contributed by atoms with Crippen molar-refractivity contribution < 1.29 is 4.74 Å². The Morgan fingerprint density at radius 1 is 1.31 bits per heavy atom. The lowest BCUT2D eigenvalue weighted by Crippen LogP contribution is -2.35. The summed E-state index contributed by atoms with van der Waals surface area (Å²) in [5.74, 6) is 1.44. The van der Waals surface area contributed by atoms with Crippen LogP contribution in [0.3, 0.4) is 0 Å². The third-order valence-corrected chi connectivity index (χ3v) is 3.51. The summed E-state index contributed by atoms with van der Waals surface area (Å²) in [5, 5.41) is 4.06. The van der Waals surface area contributed by atoms with Crippen molar-refractivity contribution in [2.24, 2.45) is 5.92 Å². The summed E-state index contributed by atoms with van der Waals surface area (Å²) in [6.45, 7) is 4.33. The van der Waals surface area contributed by atoms with E-state index in [0.29, 0.717) is 10.9 Å². The maximum atomic E-state index is 6.07. The van der Waals surface area contributed by atoms with Gasteiger partial charge in [0.15, 0.2) is 0 Å². The van der Waals surface area contributed by atoms with Gasteiger partial charge in [0.1, 0.15) is 5.75 Å². The van der Waals surface area contributed by atoms with Gasteiger partial charge in [0.05, 0.1) is 11.1 Å². The fourth-order valence-electron chi connectivity index (χ4n) is 2.15. The molecule has 0 aliphatic carbocycles. The Bertz CT molecular complexity index is 336. The summed E-state index contributed by atoms with van der Waals surface area (Å²) in [6, 6.07) is 7.67. The van der Waals surface area contributed by atoms with Crippen molar-refractivity contribution in [3.63, 3.8) is 0 Å². The summed E-state index contributed by atoms with van der Waals surface area (Å²) in [6.07, 6.45) is 2.61. The number of benzene rings is 1. The molecule has 0 saturated carbocycles. The number of piperidine rings is 1. The van der Waals surface area contributed by atoms with E-state index in [1.165, 1.54) is 12.8 Å². The maximum Gasteiger partial charge on any atom is 0.138 e. The van der Waals surface area contributed by atoms with E-state index in [1.807, 2.05) is 24.3 Å². The topological polar surface area (TPSA) is 21.3 Å². The highest BCUT2D eigenvalue weighted by atomic mass is 35.5. The van der Waals surface area contributed by atoms with E-state index in [-0.39, 0.29) is 6.10 Å². The zero-order valence-corrected chi connectivity index (χ0v) is 10.3. The second-order valence-corrected chi connectivity index (χ2v) is 4.75. The number of ether oxygens (including phenoxy) is 1. The summed E-state index contributed by atoms with van der Waals surface area (Å²) in [4.78, 5) is 0. The molecular formula is C13H18ClNO. The molecule has 1 N–H and O–H groups in total. The molecule has 2 rings (SSSR count). The molecule has 88 valence electrons. The third-order valence-electron chi connectivity index (χ3n) is 3.20. The molecule has 1 heterocycles. The highest BCUT2D eigenvalue weighted by molar-refractivity contribution is 6.32. The summed E-state index contributed by atoms with van der Waals surface area (Å²) >= 11 is 6.07. The quantitative estimate of drug-likeness (QED) is 0.875. The number of halogens is 1. The second-order valence-electron chi connectivity index (χ2n) is 4.34. The highest BCUT2D eigenvalue weighted by Crippen LogP contribution is 2.27. The van der Waals surface area contributed by atoms with Crippen molar-refractivity contribution in [3.8, 4) is 5.75 Å². The van der Waals surface area contributed by atoms with E-state index < -0.39 is 0 Å². The molecule has 0 radical (unpaired) electrons. The van der Waals surface area contributed by atoms with Crippen LogP contribution in [0.1, 0.15) is 19.8 Å². The number of rotatable bonds is 3. The molecule has 0 bridgehead atoms. The van der Waals surface area contributed by atoms with Crippen LogP contribution in [-0.4, -0.2) is 19.2 Å². The van der Waals surface area contributed by atoms with Crippen molar-refractivity contribution in [3.05, 3.63) is 29.3 Å². The van der Waals surface area contributed by atoms with Crippen molar-refractivity contribution in [2.75, 3.05) is 13.1 Å². The Balaban J connectivity index is 1.96. The standard InChI is InChI=1S/C13H18ClNO/c1-10(11-6-8-15-9-7-11)16-13-5-3-2-4-12(13)14/h2-5,10-11,15H,6-9H2,1H3. The molecule has 1 atom stereocenters. The molecule has 1 aromatic carbocycles. The lowest BCUT2D eigenvalue weighted by Gasteiger charge is -2.28. The second kappa shape index (κ2) is 5.55. The molecule has 1 unspecified atom stereocenters. The third kappa shape index (κ3) is 2.89. The smallest absolute Gasteiger partial charge is 0.138 e. The number of para-hydroxylation sites is 1. The Kier molecular flexibility index (Phi) is 4.08. The van der Waals surface area contributed by atoms with Crippen LogP contribution in [-0.2, 0) is 0 Å². The van der Waals surface area contributed by atoms with E-state index in [9.17, 15) is 0 Å². The van der Waals surface area contributed by atoms with Gasteiger partial charge in [0, 0.05) is 0 Å². The normalized spacial score (nSPS) is 19.4. The summed E-state index contributed by atoms with van der Waals surface area (Å²) in [5.41, 5.74) is 0. The molecule has 0 amide bonds. The first-order chi connectivity index (χ1) is 7.77. The minimum atomic E-state index is 0.238. The SMILES string of the molecule is CC(Oc1ccccc1Cl)C1CCNCC1. The average Bonchev–Trinajstić information content (AvgIpc) is 2.33. The van der Waals surface area contributed by atoms with Crippen LogP contribution in [0.25, 0.3) is 0 Å². The molecule has 0 spiro atoms. The molecule has 1 saturated heterocycles.